The quantitative estimate of drug-likeness (QED) is 0.347. The first-order valence-electron chi connectivity index (χ1n) is 5.25. The van der Waals surface area contributed by atoms with Crippen molar-refractivity contribution in [2.24, 2.45) is 0 Å². The van der Waals surface area contributed by atoms with E-state index in [0.29, 0.717) is 12.2 Å². The Labute approximate surface area is 104 Å². The number of nitro groups is 1. The van der Waals surface area contributed by atoms with Crippen LogP contribution in [0.4, 0.5) is 5.69 Å². The zero-order chi connectivity index (χ0) is 13.5. The van der Waals surface area contributed by atoms with Gasteiger partial charge in [0.1, 0.15) is 0 Å². The van der Waals surface area contributed by atoms with Crippen molar-refractivity contribution in [3.63, 3.8) is 0 Å². The predicted molar refractivity (Wildman–Crippen MR) is 65.1 cm³/mol. The van der Waals surface area contributed by atoms with Crippen LogP contribution < -0.4 is 0 Å². The van der Waals surface area contributed by atoms with E-state index in [9.17, 15) is 14.9 Å². The molecule has 0 spiro atoms. The molecule has 1 rings (SSSR count). The molecule has 0 saturated heterocycles. The Morgan fingerprint density at radius 1 is 1.50 bits per heavy atom. The van der Waals surface area contributed by atoms with E-state index < -0.39 is 10.9 Å². The summed E-state index contributed by atoms with van der Waals surface area (Å²) in [4.78, 5) is 21.6. The molecule has 0 heterocycles. The number of hydrogen-bond donors (Lipinski definition) is 0. The maximum Gasteiger partial charge on any atom is 0.338 e. The van der Waals surface area contributed by atoms with Crippen molar-refractivity contribution in [1.82, 2.24) is 0 Å². The first kappa shape index (κ1) is 13.7. The lowest BCUT2D eigenvalue weighted by molar-refractivity contribution is -0.385. The molecule has 0 N–H and O–H groups in total. The van der Waals surface area contributed by atoms with Gasteiger partial charge < -0.3 is 9.47 Å². The lowest BCUT2D eigenvalue weighted by atomic mass is 10.1. The fourth-order valence-corrected chi connectivity index (χ4v) is 1.31. The molecular formula is C12H13NO5. The maximum atomic E-state index is 11.3. The molecule has 0 radical (unpaired) electrons. The largest absolute Gasteiger partial charge is 0.501 e. The molecule has 18 heavy (non-hydrogen) atoms. The number of hydrogen-bond acceptors (Lipinski definition) is 5. The van der Waals surface area contributed by atoms with Crippen LogP contribution in [0.3, 0.4) is 0 Å². The Bertz CT molecular complexity index is 481. The number of benzene rings is 1. The van der Waals surface area contributed by atoms with Gasteiger partial charge in [-0.3, -0.25) is 10.1 Å². The number of ether oxygens (including phenoxy) is 2. The monoisotopic (exact) mass is 251 g/mol. The summed E-state index contributed by atoms with van der Waals surface area (Å²) in [6.45, 7) is 2.28. The number of nitrogens with zero attached hydrogens (tertiary/aromatic N) is 1. The average molecular weight is 251 g/mol. The molecule has 0 unspecified atom stereocenters. The lowest BCUT2D eigenvalue weighted by Crippen LogP contribution is -2.02. The zero-order valence-corrected chi connectivity index (χ0v) is 10.1. The highest BCUT2D eigenvalue weighted by atomic mass is 16.6. The fourth-order valence-electron chi connectivity index (χ4n) is 1.31. The second-order valence-corrected chi connectivity index (χ2v) is 3.28. The highest BCUT2D eigenvalue weighted by Gasteiger charge is 2.16. The molecule has 0 aliphatic rings. The van der Waals surface area contributed by atoms with Gasteiger partial charge in [0.25, 0.3) is 5.69 Å². The molecule has 6 heteroatoms. The Morgan fingerprint density at radius 2 is 2.22 bits per heavy atom. The van der Waals surface area contributed by atoms with Gasteiger partial charge in [0, 0.05) is 6.07 Å². The molecule has 0 aromatic heterocycles. The van der Waals surface area contributed by atoms with Gasteiger partial charge in [-0.2, -0.15) is 0 Å². The maximum absolute atomic E-state index is 11.3. The van der Waals surface area contributed by atoms with Crippen molar-refractivity contribution in [2.45, 2.75) is 6.92 Å². The predicted octanol–water partition coefficient (Wildman–Crippen LogP) is 2.39. The molecule has 1 aromatic rings. The van der Waals surface area contributed by atoms with Crippen LogP contribution in [0.25, 0.3) is 6.08 Å². The SMILES string of the molecule is CCO/C=C/c1ccc(C(=O)OC)cc1[N+](=O)[O-]. The highest BCUT2D eigenvalue weighted by Crippen LogP contribution is 2.22. The van der Waals surface area contributed by atoms with E-state index in [0.717, 1.165) is 0 Å². The van der Waals surface area contributed by atoms with Gasteiger partial charge >= 0.3 is 5.97 Å². The van der Waals surface area contributed by atoms with Gasteiger partial charge in [-0.25, -0.2) is 4.79 Å². The minimum atomic E-state index is -0.613. The first-order chi connectivity index (χ1) is 8.60. The number of carbonyl (C=O) groups is 1. The van der Waals surface area contributed by atoms with Crippen LogP contribution in [0.5, 0.6) is 0 Å². The minimum Gasteiger partial charge on any atom is -0.501 e. The van der Waals surface area contributed by atoms with E-state index >= 15 is 0 Å². The minimum absolute atomic E-state index is 0.137. The third kappa shape index (κ3) is 3.31. The van der Waals surface area contributed by atoms with Crippen molar-refractivity contribution in [3.8, 4) is 0 Å². The molecule has 0 aliphatic heterocycles. The van der Waals surface area contributed by atoms with Crippen LogP contribution >= 0.6 is 0 Å². The fraction of sp³-hybridized carbons (Fsp3) is 0.250. The van der Waals surface area contributed by atoms with Crippen LogP contribution in [-0.4, -0.2) is 24.6 Å². The van der Waals surface area contributed by atoms with Gasteiger partial charge in [-0.1, -0.05) is 0 Å². The molecule has 0 aliphatic carbocycles. The van der Waals surface area contributed by atoms with Crippen LogP contribution in [-0.2, 0) is 9.47 Å². The van der Waals surface area contributed by atoms with E-state index in [1.807, 2.05) is 0 Å². The summed E-state index contributed by atoms with van der Waals surface area (Å²) in [7, 11) is 1.22. The van der Waals surface area contributed by atoms with Gasteiger partial charge in [0.15, 0.2) is 0 Å². The Morgan fingerprint density at radius 3 is 2.78 bits per heavy atom. The topological polar surface area (TPSA) is 78.7 Å². The van der Waals surface area contributed by atoms with E-state index in [1.165, 1.54) is 37.6 Å². The second kappa shape index (κ2) is 6.39. The molecular weight excluding hydrogens is 238 g/mol. The van der Waals surface area contributed by atoms with E-state index in [1.54, 1.807) is 6.92 Å². The Kier molecular flexibility index (Phi) is 4.86. The zero-order valence-electron chi connectivity index (χ0n) is 10.1. The van der Waals surface area contributed by atoms with Crippen LogP contribution in [0.2, 0.25) is 0 Å². The molecule has 0 amide bonds. The molecule has 0 atom stereocenters. The average Bonchev–Trinajstić information content (AvgIpc) is 2.38. The van der Waals surface area contributed by atoms with Crippen molar-refractivity contribution < 1.29 is 19.2 Å². The molecule has 0 fully saturated rings. The first-order valence-corrected chi connectivity index (χ1v) is 5.25. The number of methoxy groups -OCH3 is 1. The van der Waals surface area contributed by atoms with Crippen molar-refractivity contribution in [3.05, 3.63) is 45.7 Å². The molecule has 0 bridgehead atoms. The van der Waals surface area contributed by atoms with Crippen LogP contribution in [0.15, 0.2) is 24.5 Å². The molecule has 96 valence electrons. The number of esters is 1. The highest BCUT2D eigenvalue weighted by molar-refractivity contribution is 5.90. The second-order valence-electron chi connectivity index (χ2n) is 3.28. The number of rotatable bonds is 5. The van der Waals surface area contributed by atoms with Gasteiger partial charge in [-0.05, 0) is 25.1 Å². The number of carbonyl (C=O) groups excluding carboxylic acids is 1. The van der Waals surface area contributed by atoms with E-state index in [2.05, 4.69) is 4.74 Å². The lowest BCUT2D eigenvalue weighted by Gasteiger charge is -2.02. The smallest absolute Gasteiger partial charge is 0.338 e. The Hall–Kier alpha value is -2.37. The molecule has 6 nitrogen and oxygen atoms in total. The van der Waals surface area contributed by atoms with Gasteiger partial charge in [-0.15, -0.1) is 0 Å². The number of nitro benzene ring substituents is 1. The van der Waals surface area contributed by atoms with Crippen molar-refractivity contribution in [2.75, 3.05) is 13.7 Å². The summed E-state index contributed by atoms with van der Waals surface area (Å²) < 4.78 is 9.48. The van der Waals surface area contributed by atoms with Gasteiger partial charge in [0.2, 0.25) is 0 Å². The standard InChI is InChI=1S/C12H13NO5/c1-3-18-7-6-9-4-5-10(12(14)17-2)8-11(9)13(15)16/h4-8H,3H2,1-2H3/b7-6+. The summed E-state index contributed by atoms with van der Waals surface area (Å²) in [6.07, 6.45) is 2.85. The van der Waals surface area contributed by atoms with Crippen molar-refractivity contribution >= 4 is 17.7 Å². The summed E-state index contributed by atoms with van der Waals surface area (Å²) >= 11 is 0. The Balaban J connectivity index is 3.12. The third-order valence-corrected chi connectivity index (χ3v) is 2.16. The van der Waals surface area contributed by atoms with Crippen molar-refractivity contribution in [1.29, 1.82) is 0 Å². The van der Waals surface area contributed by atoms with Gasteiger partial charge in [0.05, 0.1) is 36.0 Å². The summed E-state index contributed by atoms with van der Waals surface area (Å²) in [5, 5.41) is 10.9. The summed E-state index contributed by atoms with van der Waals surface area (Å²) in [6, 6.07) is 4.11. The third-order valence-electron chi connectivity index (χ3n) is 2.16. The van der Waals surface area contributed by atoms with E-state index in [4.69, 9.17) is 4.74 Å². The summed E-state index contributed by atoms with van der Waals surface area (Å²) in [5.74, 6) is -0.613. The van der Waals surface area contributed by atoms with Crippen LogP contribution in [0, 0.1) is 10.1 Å². The molecule has 0 saturated carbocycles. The van der Waals surface area contributed by atoms with Crippen LogP contribution in [0.1, 0.15) is 22.8 Å². The van der Waals surface area contributed by atoms with E-state index in [-0.39, 0.29) is 11.3 Å². The summed E-state index contributed by atoms with van der Waals surface area (Å²) in [5.41, 5.74) is 0.327. The molecule has 1 aromatic carbocycles. The normalized spacial score (nSPS) is 10.3.